The molecular weight excluding hydrogens is 471 g/mol. The highest BCUT2D eigenvalue weighted by atomic mass is 79.9. The number of nitrogens with zero attached hydrogens (tertiary/aromatic N) is 2. The van der Waals surface area contributed by atoms with Crippen molar-refractivity contribution >= 4 is 33.8 Å². The Hall–Kier alpha value is -2.20. The number of amides is 2. The molecule has 2 N–H and O–H groups in total. The number of ether oxygens (including phenoxy) is 2. The van der Waals surface area contributed by atoms with E-state index in [0.29, 0.717) is 48.2 Å². The van der Waals surface area contributed by atoms with Crippen LogP contribution in [0, 0.1) is 5.82 Å². The molecule has 10 heteroatoms. The van der Waals surface area contributed by atoms with E-state index < -0.39 is 23.4 Å². The maximum atomic E-state index is 13.5. The lowest BCUT2D eigenvalue weighted by atomic mass is 9.82. The van der Waals surface area contributed by atoms with Gasteiger partial charge in [0.2, 0.25) is 0 Å². The first-order chi connectivity index (χ1) is 14.5. The Morgan fingerprint density at radius 3 is 2.71 bits per heavy atom. The third-order valence-electron chi connectivity index (χ3n) is 5.12. The van der Waals surface area contributed by atoms with Gasteiger partial charge < -0.3 is 19.7 Å². The normalized spacial score (nSPS) is 19.8. The van der Waals surface area contributed by atoms with Crippen molar-refractivity contribution in [1.29, 1.82) is 0 Å². The molecule has 0 aromatic heterocycles. The first-order valence-electron chi connectivity index (χ1n) is 10.2. The van der Waals surface area contributed by atoms with Gasteiger partial charge in [-0.1, -0.05) is 15.9 Å². The number of nitrogens with one attached hydrogen (secondary N) is 2. The number of hydrogen-bond donors (Lipinski definition) is 2. The molecule has 0 saturated carbocycles. The molecule has 1 spiro atoms. The van der Waals surface area contributed by atoms with Crippen molar-refractivity contribution in [1.82, 2.24) is 15.6 Å². The average Bonchev–Trinajstić information content (AvgIpc) is 2.63. The third-order valence-corrected chi connectivity index (χ3v) is 5.78. The molecule has 0 unspecified atom stereocenters. The summed E-state index contributed by atoms with van der Waals surface area (Å²) in [4.78, 5) is 26.1. The molecule has 31 heavy (non-hydrogen) atoms. The van der Waals surface area contributed by atoms with Crippen LogP contribution in [0.1, 0.15) is 46.1 Å². The van der Waals surface area contributed by atoms with E-state index in [1.807, 2.05) is 27.7 Å². The van der Waals surface area contributed by atoms with Crippen molar-refractivity contribution in [2.75, 3.05) is 19.6 Å². The summed E-state index contributed by atoms with van der Waals surface area (Å²) in [7, 11) is 0. The summed E-state index contributed by atoms with van der Waals surface area (Å²) in [6.07, 6.45) is 0.0107. The summed E-state index contributed by atoms with van der Waals surface area (Å²) in [5, 5.41) is 7.10. The Morgan fingerprint density at radius 2 is 2.10 bits per heavy atom. The number of hydrogen-bond acceptors (Lipinski definition) is 6. The molecule has 0 bridgehead atoms. The zero-order chi connectivity index (χ0) is 22.8. The highest BCUT2D eigenvalue weighted by Gasteiger charge is 2.46. The minimum Gasteiger partial charge on any atom is -0.444 e. The predicted octanol–water partition coefficient (Wildman–Crippen LogP) is 3.78. The summed E-state index contributed by atoms with van der Waals surface area (Å²) in [6.45, 7) is 9.30. The zero-order valence-electron chi connectivity index (χ0n) is 18.1. The first kappa shape index (κ1) is 23.5. The van der Waals surface area contributed by atoms with Crippen LogP contribution in [0.3, 0.4) is 0 Å². The Morgan fingerprint density at radius 1 is 1.42 bits per heavy atom. The molecule has 1 aromatic rings. The summed E-state index contributed by atoms with van der Waals surface area (Å²) >= 11 is 3.38. The summed E-state index contributed by atoms with van der Waals surface area (Å²) in [5.74, 6) is -0.368. The molecule has 0 aliphatic carbocycles. The number of benzene rings is 1. The van der Waals surface area contributed by atoms with Crippen LogP contribution in [-0.2, 0) is 9.47 Å². The predicted molar refractivity (Wildman–Crippen MR) is 117 cm³/mol. The van der Waals surface area contributed by atoms with E-state index in [4.69, 9.17) is 9.47 Å². The fourth-order valence-electron chi connectivity index (χ4n) is 3.82. The van der Waals surface area contributed by atoms with Crippen LogP contribution in [0.5, 0.6) is 0 Å². The molecule has 2 amide bonds. The van der Waals surface area contributed by atoms with Crippen LogP contribution in [0.2, 0.25) is 0 Å². The van der Waals surface area contributed by atoms with Gasteiger partial charge in [0.25, 0.3) is 0 Å². The zero-order valence-corrected chi connectivity index (χ0v) is 19.7. The summed E-state index contributed by atoms with van der Waals surface area (Å²) < 4.78 is 25.1. The van der Waals surface area contributed by atoms with Crippen molar-refractivity contribution in [2.24, 2.45) is 5.10 Å². The number of carbonyl (C=O) groups excluding carboxylic acids is 2. The van der Waals surface area contributed by atoms with E-state index in [9.17, 15) is 14.0 Å². The van der Waals surface area contributed by atoms with E-state index in [2.05, 4.69) is 36.7 Å². The number of rotatable bonds is 4. The van der Waals surface area contributed by atoms with Crippen molar-refractivity contribution in [3.05, 3.63) is 34.1 Å². The van der Waals surface area contributed by atoms with Crippen molar-refractivity contribution in [2.45, 2.75) is 57.8 Å². The highest BCUT2D eigenvalue weighted by Crippen LogP contribution is 2.35. The standard InChI is InChI=1S/C21H28BrFN4O4/c1-13(24-18(28)30-20(2,3)4)12-27-9-7-21(8-10-27)17(25-26-19(29)31-21)15-6-5-14(23)11-16(15)22/h5-6,11,13H,7-10,12H2,1-4H3,(H,24,28)(H,26,29)/t13-/m0/s1. The minimum absolute atomic E-state index is 0.112. The van der Waals surface area contributed by atoms with Gasteiger partial charge in [0.1, 0.15) is 17.1 Å². The van der Waals surface area contributed by atoms with Gasteiger partial charge in [0.05, 0.1) is 0 Å². The van der Waals surface area contributed by atoms with Crippen LogP contribution < -0.4 is 10.7 Å². The minimum atomic E-state index is -0.888. The van der Waals surface area contributed by atoms with Gasteiger partial charge in [0, 0.05) is 48.6 Å². The average molecular weight is 499 g/mol. The van der Waals surface area contributed by atoms with Gasteiger partial charge in [-0.3, -0.25) is 0 Å². The first-order valence-corrected chi connectivity index (χ1v) is 11.0. The monoisotopic (exact) mass is 498 g/mol. The molecular formula is C21H28BrFN4O4. The number of alkyl carbamates (subject to hydrolysis) is 1. The largest absolute Gasteiger partial charge is 0.444 e. The van der Waals surface area contributed by atoms with E-state index in [1.54, 1.807) is 6.07 Å². The Balaban J connectivity index is 1.65. The topological polar surface area (TPSA) is 92.3 Å². The van der Waals surface area contributed by atoms with Crippen LogP contribution in [0.15, 0.2) is 27.8 Å². The van der Waals surface area contributed by atoms with Crippen molar-refractivity contribution in [3.8, 4) is 0 Å². The molecule has 170 valence electrons. The number of halogens is 2. The summed E-state index contributed by atoms with van der Waals surface area (Å²) in [6, 6.07) is 4.23. The molecule has 1 aromatic carbocycles. The van der Waals surface area contributed by atoms with Crippen molar-refractivity contribution < 1.29 is 23.5 Å². The second-order valence-electron chi connectivity index (χ2n) is 8.93. The molecule has 1 atom stereocenters. The lowest BCUT2D eigenvalue weighted by molar-refractivity contribution is 0.00399. The lowest BCUT2D eigenvalue weighted by Crippen LogP contribution is -2.57. The highest BCUT2D eigenvalue weighted by molar-refractivity contribution is 9.10. The van der Waals surface area contributed by atoms with Gasteiger partial charge in [0.15, 0.2) is 5.60 Å². The molecule has 3 rings (SSSR count). The fraction of sp³-hybridized carbons (Fsp3) is 0.571. The molecule has 2 aliphatic heterocycles. The number of hydrazone groups is 1. The number of carbonyl (C=O) groups is 2. The van der Waals surface area contributed by atoms with Crippen molar-refractivity contribution in [3.63, 3.8) is 0 Å². The van der Waals surface area contributed by atoms with Crippen LogP contribution in [-0.4, -0.2) is 59.7 Å². The fourth-order valence-corrected chi connectivity index (χ4v) is 4.36. The molecule has 8 nitrogen and oxygen atoms in total. The van der Waals surface area contributed by atoms with Gasteiger partial charge in [-0.25, -0.2) is 19.4 Å². The maximum absolute atomic E-state index is 13.5. The quantitative estimate of drug-likeness (QED) is 0.658. The smallest absolute Gasteiger partial charge is 0.428 e. The van der Waals surface area contributed by atoms with Crippen LogP contribution in [0.4, 0.5) is 14.0 Å². The van der Waals surface area contributed by atoms with Gasteiger partial charge in [-0.15, -0.1) is 0 Å². The number of likely N-dealkylation sites (tertiary alicyclic amines) is 1. The molecule has 1 fully saturated rings. The molecule has 1 saturated heterocycles. The second-order valence-corrected chi connectivity index (χ2v) is 9.78. The van der Waals surface area contributed by atoms with E-state index in [0.717, 1.165) is 0 Å². The molecule has 2 aliphatic rings. The Kier molecular flexibility index (Phi) is 6.90. The van der Waals surface area contributed by atoms with E-state index in [1.165, 1.54) is 12.1 Å². The lowest BCUT2D eigenvalue weighted by Gasteiger charge is -2.43. The maximum Gasteiger partial charge on any atom is 0.428 e. The SMILES string of the molecule is C[C@@H](CN1CCC2(CC1)OC(=O)NN=C2c1ccc(F)cc1Br)NC(=O)OC(C)(C)C. The second kappa shape index (κ2) is 9.12. The van der Waals surface area contributed by atoms with E-state index in [-0.39, 0.29) is 11.9 Å². The third kappa shape index (κ3) is 5.94. The Labute approximate surface area is 189 Å². The number of piperidine rings is 1. The van der Waals surface area contributed by atoms with Gasteiger partial charge >= 0.3 is 12.2 Å². The summed E-state index contributed by atoms with van der Waals surface area (Å²) in [5.41, 5.74) is 2.17. The van der Waals surface area contributed by atoms with Gasteiger partial charge in [-0.2, -0.15) is 5.10 Å². The van der Waals surface area contributed by atoms with Crippen LogP contribution in [0.25, 0.3) is 0 Å². The molecule has 0 radical (unpaired) electrons. The Bertz CT molecular complexity index is 879. The molecule has 2 heterocycles. The van der Waals surface area contributed by atoms with Crippen LogP contribution >= 0.6 is 15.9 Å². The van der Waals surface area contributed by atoms with Gasteiger partial charge in [-0.05, 0) is 45.9 Å². The van der Waals surface area contributed by atoms with E-state index >= 15 is 0 Å².